The summed E-state index contributed by atoms with van der Waals surface area (Å²) in [5.74, 6) is -1.22. The van der Waals surface area contributed by atoms with Gasteiger partial charge >= 0.3 is 5.97 Å². The second kappa shape index (κ2) is 8.02. The molecular weight excluding hydrogens is 340 g/mol. The van der Waals surface area contributed by atoms with Crippen LogP contribution in [0.4, 0.5) is 5.69 Å². The molecule has 0 radical (unpaired) electrons. The zero-order valence-electron chi connectivity index (χ0n) is 14.5. The third-order valence-corrected chi connectivity index (χ3v) is 4.34. The number of carbonyl (C=O) groups excluding carboxylic acids is 3. The van der Waals surface area contributed by atoms with Crippen molar-refractivity contribution in [3.63, 3.8) is 0 Å². The van der Waals surface area contributed by atoms with Gasteiger partial charge in [0.05, 0.1) is 0 Å². The first-order chi connectivity index (χ1) is 11.8. The number of nitrogens with zero attached hydrogens (tertiary/aromatic N) is 1. The summed E-state index contributed by atoms with van der Waals surface area (Å²) in [4.78, 5) is 36.9. The summed E-state index contributed by atoms with van der Waals surface area (Å²) in [5.41, 5.74) is 1.27. The predicted octanol–water partition coefficient (Wildman–Crippen LogP) is 3.13. The van der Waals surface area contributed by atoms with Crippen molar-refractivity contribution in [2.24, 2.45) is 7.05 Å². The Morgan fingerprint density at radius 3 is 2.56 bits per heavy atom. The van der Waals surface area contributed by atoms with E-state index in [9.17, 15) is 14.4 Å². The quantitative estimate of drug-likeness (QED) is 0.486. The fraction of sp³-hybridized carbons (Fsp3) is 0.278. The third-order valence-electron chi connectivity index (χ3n) is 3.61. The number of ketones is 1. The number of hydrogen-bond acceptors (Lipinski definition) is 5. The molecule has 0 saturated heterocycles. The van der Waals surface area contributed by atoms with E-state index in [0.717, 1.165) is 4.90 Å². The molecule has 7 heteroatoms. The fourth-order valence-electron chi connectivity index (χ4n) is 2.18. The molecule has 1 aromatic heterocycles. The van der Waals surface area contributed by atoms with Crippen molar-refractivity contribution >= 4 is 35.1 Å². The van der Waals surface area contributed by atoms with Crippen molar-refractivity contribution < 1.29 is 19.1 Å². The minimum atomic E-state index is -0.971. The lowest BCUT2D eigenvalue weighted by Gasteiger charge is -2.14. The van der Waals surface area contributed by atoms with Crippen LogP contribution in [-0.2, 0) is 16.6 Å². The van der Waals surface area contributed by atoms with Crippen LogP contribution in [0.25, 0.3) is 0 Å². The third kappa shape index (κ3) is 4.73. The molecular formula is C18H20N2O4S. The molecule has 0 saturated carbocycles. The van der Waals surface area contributed by atoms with Crippen molar-refractivity contribution in [1.29, 1.82) is 0 Å². The van der Waals surface area contributed by atoms with E-state index in [0.29, 0.717) is 11.3 Å². The Morgan fingerprint density at radius 2 is 1.96 bits per heavy atom. The monoisotopic (exact) mass is 360 g/mol. The molecule has 132 valence electrons. The number of amides is 1. The molecule has 0 aliphatic heterocycles. The zero-order chi connectivity index (χ0) is 18.6. The lowest BCUT2D eigenvalue weighted by atomic mass is 10.2. The highest BCUT2D eigenvalue weighted by Crippen LogP contribution is 2.19. The van der Waals surface area contributed by atoms with E-state index >= 15 is 0 Å². The fourth-order valence-corrected chi connectivity index (χ4v) is 2.64. The summed E-state index contributed by atoms with van der Waals surface area (Å²) in [5, 5.41) is 2.72. The molecule has 0 spiro atoms. The molecule has 25 heavy (non-hydrogen) atoms. The number of esters is 1. The second-order valence-corrected chi connectivity index (χ2v) is 6.43. The lowest BCUT2D eigenvalue weighted by molar-refractivity contribution is -0.123. The van der Waals surface area contributed by atoms with Crippen LogP contribution >= 0.6 is 11.8 Å². The van der Waals surface area contributed by atoms with Crippen molar-refractivity contribution in [1.82, 2.24) is 4.57 Å². The van der Waals surface area contributed by atoms with Gasteiger partial charge < -0.3 is 14.6 Å². The minimum Gasteiger partial charge on any atom is -0.448 e. The Bertz CT molecular complexity index is 813. The number of hydrogen-bond donors (Lipinski definition) is 1. The summed E-state index contributed by atoms with van der Waals surface area (Å²) in [7, 11) is 1.64. The number of aromatic nitrogens is 1. The number of nitrogens with one attached hydrogen (secondary N) is 1. The van der Waals surface area contributed by atoms with E-state index in [4.69, 9.17) is 4.74 Å². The van der Waals surface area contributed by atoms with Gasteiger partial charge in [0.15, 0.2) is 11.9 Å². The van der Waals surface area contributed by atoms with Gasteiger partial charge in [-0.05, 0) is 44.4 Å². The first-order valence-corrected chi connectivity index (χ1v) is 8.87. The first-order valence-electron chi connectivity index (χ1n) is 7.65. The van der Waals surface area contributed by atoms with E-state index in [1.54, 1.807) is 31.1 Å². The molecule has 0 bridgehead atoms. The highest BCUT2D eigenvalue weighted by Gasteiger charge is 2.22. The summed E-state index contributed by atoms with van der Waals surface area (Å²) < 4.78 is 6.72. The molecule has 0 fully saturated rings. The highest BCUT2D eigenvalue weighted by atomic mass is 32.2. The maximum atomic E-state index is 12.2. The maximum absolute atomic E-state index is 12.2. The van der Waals surface area contributed by atoms with Crippen LogP contribution in [0.15, 0.2) is 41.4 Å². The average molecular weight is 360 g/mol. The number of aryl methyl sites for hydroxylation is 1. The molecule has 1 heterocycles. The minimum absolute atomic E-state index is 0.144. The van der Waals surface area contributed by atoms with Crippen LogP contribution in [-0.4, -0.2) is 34.6 Å². The van der Waals surface area contributed by atoms with Crippen LogP contribution in [0.5, 0.6) is 0 Å². The number of thioether (sulfide) groups is 1. The van der Waals surface area contributed by atoms with Gasteiger partial charge in [0.25, 0.3) is 5.91 Å². The normalized spacial score (nSPS) is 11.7. The summed E-state index contributed by atoms with van der Waals surface area (Å²) in [6.07, 6.45) is 2.53. The second-order valence-electron chi connectivity index (χ2n) is 5.55. The SMILES string of the molecule is CSc1cccc(NC(=O)[C@H](C)OC(=O)c2cc(C(C)=O)cn2C)c1. The molecule has 1 aromatic carbocycles. The van der Waals surface area contributed by atoms with Crippen molar-refractivity contribution in [3.8, 4) is 0 Å². The van der Waals surface area contributed by atoms with E-state index in [1.807, 2.05) is 24.5 Å². The van der Waals surface area contributed by atoms with Gasteiger partial charge in [0.1, 0.15) is 5.69 Å². The number of benzene rings is 1. The molecule has 2 aromatic rings. The average Bonchev–Trinajstić information content (AvgIpc) is 2.97. The van der Waals surface area contributed by atoms with Crippen LogP contribution in [0.2, 0.25) is 0 Å². The molecule has 2 rings (SSSR count). The molecule has 1 N–H and O–H groups in total. The van der Waals surface area contributed by atoms with Crippen LogP contribution in [0.3, 0.4) is 0 Å². The van der Waals surface area contributed by atoms with Crippen LogP contribution in [0, 0.1) is 0 Å². The van der Waals surface area contributed by atoms with Gasteiger partial charge in [-0.3, -0.25) is 9.59 Å². The Hall–Kier alpha value is -2.54. The summed E-state index contributed by atoms with van der Waals surface area (Å²) in [6, 6.07) is 8.84. The van der Waals surface area contributed by atoms with Gasteiger partial charge in [-0.1, -0.05) is 6.07 Å². The Kier molecular flexibility index (Phi) is 6.03. The number of ether oxygens (including phenoxy) is 1. The Morgan fingerprint density at radius 1 is 1.24 bits per heavy atom. The van der Waals surface area contributed by atoms with E-state index in [2.05, 4.69) is 5.32 Å². The van der Waals surface area contributed by atoms with E-state index < -0.39 is 18.0 Å². The molecule has 1 atom stereocenters. The van der Waals surface area contributed by atoms with Crippen LogP contribution in [0.1, 0.15) is 34.7 Å². The number of carbonyl (C=O) groups is 3. The number of Topliss-reactive ketones (excluding diaryl/α,β-unsaturated/α-hetero) is 1. The molecule has 1 amide bonds. The Balaban J connectivity index is 2.02. The topological polar surface area (TPSA) is 77.4 Å². The number of anilines is 1. The van der Waals surface area contributed by atoms with Gasteiger partial charge in [-0.25, -0.2) is 4.79 Å². The van der Waals surface area contributed by atoms with Gasteiger partial charge in [-0.15, -0.1) is 11.8 Å². The lowest BCUT2D eigenvalue weighted by Crippen LogP contribution is -2.30. The van der Waals surface area contributed by atoms with Crippen molar-refractivity contribution in [2.45, 2.75) is 24.8 Å². The van der Waals surface area contributed by atoms with Gasteiger partial charge in [0, 0.05) is 29.4 Å². The largest absolute Gasteiger partial charge is 0.448 e. The highest BCUT2D eigenvalue weighted by molar-refractivity contribution is 7.98. The van der Waals surface area contributed by atoms with Crippen LogP contribution < -0.4 is 5.32 Å². The molecule has 0 unspecified atom stereocenters. The summed E-state index contributed by atoms with van der Waals surface area (Å²) >= 11 is 1.57. The van der Waals surface area contributed by atoms with Crippen molar-refractivity contribution in [2.75, 3.05) is 11.6 Å². The smallest absolute Gasteiger partial charge is 0.355 e. The van der Waals surface area contributed by atoms with Gasteiger partial charge in [0.2, 0.25) is 0 Å². The standard InChI is InChI=1S/C18H20N2O4S/c1-11(21)13-8-16(20(3)10-13)18(23)24-12(2)17(22)19-14-6-5-7-15(9-14)25-4/h5-10,12H,1-4H3,(H,19,22)/t12-/m0/s1. The molecule has 0 aliphatic carbocycles. The molecule has 0 aliphatic rings. The van der Waals surface area contributed by atoms with E-state index in [1.165, 1.54) is 24.5 Å². The molecule has 6 nitrogen and oxygen atoms in total. The van der Waals surface area contributed by atoms with Gasteiger partial charge in [-0.2, -0.15) is 0 Å². The zero-order valence-corrected chi connectivity index (χ0v) is 15.3. The van der Waals surface area contributed by atoms with Crippen molar-refractivity contribution in [3.05, 3.63) is 47.8 Å². The van der Waals surface area contributed by atoms with E-state index in [-0.39, 0.29) is 11.5 Å². The first kappa shape index (κ1) is 18.8. The Labute approximate surface area is 150 Å². The number of rotatable bonds is 6. The summed E-state index contributed by atoms with van der Waals surface area (Å²) in [6.45, 7) is 2.92. The maximum Gasteiger partial charge on any atom is 0.355 e. The predicted molar refractivity (Wildman–Crippen MR) is 97.1 cm³/mol.